The summed E-state index contributed by atoms with van der Waals surface area (Å²) >= 11 is 5.59. The third-order valence-electron chi connectivity index (χ3n) is 1.75. The molecular formula is C10H8ClN5. The highest BCUT2D eigenvalue weighted by Crippen LogP contribution is 2.10. The number of halogens is 1. The van der Waals surface area contributed by atoms with Gasteiger partial charge in [-0.25, -0.2) is 0 Å². The number of hydrogen-bond donors (Lipinski definition) is 0. The molecule has 80 valence electrons. The molecule has 0 N–H and O–H groups in total. The first kappa shape index (κ1) is 10.6. The fraction of sp³-hybridized carbons (Fsp3) is 0.100. The van der Waals surface area contributed by atoms with Gasteiger partial charge in [0.15, 0.2) is 11.0 Å². The molecule has 2 heterocycles. The lowest BCUT2D eigenvalue weighted by atomic mass is 10.4. The first-order valence-electron chi connectivity index (χ1n) is 4.61. The van der Waals surface area contributed by atoms with E-state index in [1.165, 1.54) is 0 Å². The van der Waals surface area contributed by atoms with E-state index in [1.54, 1.807) is 18.3 Å². The molecule has 5 nitrogen and oxygen atoms in total. The normalized spacial score (nSPS) is 10.8. The molecule has 6 heteroatoms. The van der Waals surface area contributed by atoms with E-state index in [0.29, 0.717) is 17.5 Å². The highest BCUT2D eigenvalue weighted by molar-refractivity contribution is 6.29. The average molecular weight is 234 g/mol. The van der Waals surface area contributed by atoms with Crippen LogP contribution >= 0.6 is 11.6 Å². The van der Waals surface area contributed by atoms with Crippen molar-refractivity contribution in [3.63, 3.8) is 0 Å². The lowest BCUT2D eigenvalue weighted by molar-refractivity contribution is 0.892. The number of aromatic nitrogens is 3. The Morgan fingerprint density at radius 3 is 2.75 bits per heavy atom. The third kappa shape index (κ3) is 3.06. The van der Waals surface area contributed by atoms with Gasteiger partial charge in [0.25, 0.3) is 0 Å². The molecule has 2 aromatic rings. The molecule has 0 aliphatic rings. The lowest BCUT2D eigenvalue weighted by Crippen LogP contribution is -1.84. The van der Waals surface area contributed by atoms with Crippen molar-refractivity contribution in [2.24, 2.45) is 10.2 Å². The van der Waals surface area contributed by atoms with E-state index in [9.17, 15) is 0 Å². The molecule has 0 bridgehead atoms. The number of azo groups is 1. The molecule has 2 aromatic heterocycles. The standard InChI is InChI=1S/C10H8ClN5/c11-9-4-5-10(16-14-9)15-13-7-8-3-1-2-6-12-8/h1-6H,7H2. The highest BCUT2D eigenvalue weighted by atomic mass is 35.5. The summed E-state index contributed by atoms with van der Waals surface area (Å²) in [5, 5.41) is 15.6. The van der Waals surface area contributed by atoms with Crippen molar-refractivity contribution in [1.82, 2.24) is 15.2 Å². The van der Waals surface area contributed by atoms with Crippen LogP contribution in [-0.4, -0.2) is 15.2 Å². The topological polar surface area (TPSA) is 63.4 Å². The molecule has 0 aliphatic heterocycles. The van der Waals surface area contributed by atoms with E-state index in [1.807, 2.05) is 18.2 Å². The average Bonchev–Trinajstić information content (AvgIpc) is 2.33. The predicted molar refractivity (Wildman–Crippen MR) is 59.5 cm³/mol. The van der Waals surface area contributed by atoms with Crippen LogP contribution in [0, 0.1) is 0 Å². The first-order chi connectivity index (χ1) is 7.84. The number of hydrogen-bond acceptors (Lipinski definition) is 5. The van der Waals surface area contributed by atoms with Crippen LogP contribution in [0.15, 0.2) is 46.8 Å². The smallest absolute Gasteiger partial charge is 0.196 e. The molecule has 0 spiro atoms. The van der Waals surface area contributed by atoms with Crippen molar-refractivity contribution in [3.05, 3.63) is 47.4 Å². The van der Waals surface area contributed by atoms with Crippen molar-refractivity contribution in [2.75, 3.05) is 0 Å². The largest absolute Gasteiger partial charge is 0.259 e. The van der Waals surface area contributed by atoms with Crippen molar-refractivity contribution in [3.8, 4) is 0 Å². The number of pyridine rings is 1. The Kier molecular flexibility index (Phi) is 3.50. The molecule has 0 saturated carbocycles. The van der Waals surface area contributed by atoms with Gasteiger partial charge < -0.3 is 0 Å². The summed E-state index contributed by atoms with van der Waals surface area (Å²) in [6.45, 7) is 0.422. The predicted octanol–water partition coefficient (Wildman–Crippen LogP) is 2.81. The molecule has 0 unspecified atom stereocenters. The molecule has 16 heavy (non-hydrogen) atoms. The Morgan fingerprint density at radius 2 is 2.06 bits per heavy atom. The van der Waals surface area contributed by atoms with Gasteiger partial charge >= 0.3 is 0 Å². The summed E-state index contributed by atoms with van der Waals surface area (Å²) in [4.78, 5) is 4.11. The second kappa shape index (κ2) is 5.27. The Morgan fingerprint density at radius 1 is 1.12 bits per heavy atom. The van der Waals surface area contributed by atoms with Gasteiger partial charge in [-0.1, -0.05) is 17.7 Å². The maximum absolute atomic E-state index is 5.59. The van der Waals surface area contributed by atoms with Crippen LogP contribution in [0.5, 0.6) is 0 Å². The van der Waals surface area contributed by atoms with E-state index in [2.05, 4.69) is 25.4 Å². The Bertz CT molecular complexity index is 468. The fourth-order valence-corrected chi connectivity index (χ4v) is 1.13. The molecule has 0 saturated heterocycles. The van der Waals surface area contributed by atoms with E-state index in [-0.39, 0.29) is 0 Å². The van der Waals surface area contributed by atoms with Gasteiger partial charge in [0, 0.05) is 6.20 Å². The van der Waals surface area contributed by atoms with Gasteiger partial charge in [-0.05, 0) is 24.3 Å². The van der Waals surface area contributed by atoms with Crippen LogP contribution in [0.25, 0.3) is 0 Å². The van der Waals surface area contributed by atoms with Crippen molar-refractivity contribution < 1.29 is 0 Å². The summed E-state index contributed by atoms with van der Waals surface area (Å²) in [5.74, 6) is 0.431. The quantitative estimate of drug-likeness (QED) is 0.766. The minimum Gasteiger partial charge on any atom is -0.259 e. The summed E-state index contributed by atoms with van der Waals surface area (Å²) in [6.07, 6.45) is 1.72. The molecule has 2 rings (SSSR count). The Balaban J connectivity index is 1.98. The zero-order valence-corrected chi connectivity index (χ0v) is 9.04. The van der Waals surface area contributed by atoms with Crippen molar-refractivity contribution in [2.45, 2.75) is 6.54 Å². The van der Waals surface area contributed by atoms with E-state index < -0.39 is 0 Å². The molecule has 0 amide bonds. The lowest BCUT2D eigenvalue weighted by Gasteiger charge is -1.92. The van der Waals surface area contributed by atoms with Gasteiger partial charge in [-0.3, -0.25) is 4.98 Å². The maximum atomic E-state index is 5.59. The number of rotatable bonds is 3. The van der Waals surface area contributed by atoms with Crippen LogP contribution in [0.1, 0.15) is 5.69 Å². The van der Waals surface area contributed by atoms with Crippen molar-refractivity contribution >= 4 is 17.4 Å². The SMILES string of the molecule is Clc1ccc(N=NCc2ccccn2)nn1. The molecule has 0 radical (unpaired) electrons. The second-order valence-electron chi connectivity index (χ2n) is 2.93. The van der Waals surface area contributed by atoms with Crippen LogP contribution in [0.2, 0.25) is 5.15 Å². The fourth-order valence-electron chi connectivity index (χ4n) is 1.03. The molecule has 0 aliphatic carbocycles. The van der Waals surface area contributed by atoms with Crippen LogP contribution < -0.4 is 0 Å². The first-order valence-corrected chi connectivity index (χ1v) is 4.99. The van der Waals surface area contributed by atoms with Gasteiger partial charge in [-0.2, -0.15) is 5.11 Å². The highest BCUT2D eigenvalue weighted by Gasteiger charge is 1.93. The summed E-state index contributed by atoms with van der Waals surface area (Å²) in [7, 11) is 0. The zero-order chi connectivity index (χ0) is 11.2. The van der Waals surface area contributed by atoms with E-state index >= 15 is 0 Å². The van der Waals surface area contributed by atoms with Gasteiger partial charge in [0.1, 0.15) is 6.54 Å². The Hall–Kier alpha value is -1.88. The number of nitrogens with zero attached hydrogens (tertiary/aromatic N) is 5. The van der Waals surface area contributed by atoms with Crippen molar-refractivity contribution in [1.29, 1.82) is 0 Å². The Labute approximate surface area is 97.2 Å². The molecule has 0 atom stereocenters. The maximum Gasteiger partial charge on any atom is 0.196 e. The molecular weight excluding hydrogens is 226 g/mol. The van der Waals surface area contributed by atoms with E-state index in [4.69, 9.17) is 11.6 Å². The van der Waals surface area contributed by atoms with Crippen LogP contribution in [-0.2, 0) is 6.54 Å². The summed E-state index contributed by atoms with van der Waals surface area (Å²) in [5.41, 5.74) is 0.855. The van der Waals surface area contributed by atoms with Gasteiger partial charge in [-0.15, -0.1) is 15.3 Å². The summed E-state index contributed by atoms with van der Waals surface area (Å²) < 4.78 is 0. The monoisotopic (exact) mass is 233 g/mol. The minimum atomic E-state index is 0.337. The minimum absolute atomic E-state index is 0.337. The van der Waals surface area contributed by atoms with Gasteiger partial charge in [0.05, 0.1) is 5.69 Å². The van der Waals surface area contributed by atoms with Crippen LogP contribution in [0.3, 0.4) is 0 Å². The third-order valence-corrected chi connectivity index (χ3v) is 1.95. The summed E-state index contributed by atoms with van der Waals surface area (Å²) in [6, 6.07) is 8.90. The van der Waals surface area contributed by atoms with Crippen LogP contribution in [0.4, 0.5) is 5.82 Å². The van der Waals surface area contributed by atoms with Gasteiger partial charge in [0.2, 0.25) is 0 Å². The second-order valence-corrected chi connectivity index (χ2v) is 3.32. The van der Waals surface area contributed by atoms with E-state index in [0.717, 1.165) is 5.69 Å². The molecule has 0 fully saturated rings. The molecule has 0 aromatic carbocycles. The zero-order valence-electron chi connectivity index (χ0n) is 8.29.